The molecule has 86 valence electrons. The van der Waals surface area contributed by atoms with Crippen LogP contribution in [0.1, 0.15) is 38.8 Å². The predicted octanol–water partition coefficient (Wildman–Crippen LogP) is 4.37. The van der Waals surface area contributed by atoms with Crippen LogP contribution in [0.5, 0.6) is 0 Å². The van der Waals surface area contributed by atoms with E-state index >= 15 is 0 Å². The fourth-order valence-corrected chi connectivity index (χ4v) is 2.56. The Kier molecular flexibility index (Phi) is 5.30. The van der Waals surface area contributed by atoms with E-state index in [2.05, 4.69) is 27.7 Å². The fraction of sp³-hybridized carbons (Fsp3) is 0.692. The zero-order valence-corrected chi connectivity index (χ0v) is 11.1. The minimum atomic E-state index is 0.705. The van der Waals surface area contributed by atoms with Crippen LogP contribution in [0.4, 0.5) is 0 Å². The fourth-order valence-electron chi connectivity index (χ4n) is 1.50. The van der Waals surface area contributed by atoms with Crippen LogP contribution in [0.25, 0.3) is 0 Å². The summed E-state index contributed by atoms with van der Waals surface area (Å²) < 4.78 is 5.29. The van der Waals surface area contributed by atoms with Crippen molar-refractivity contribution in [3.05, 3.63) is 23.7 Å². The van der Waals surface area contributed by atoms with E-state index in [4.69, 9.17) is 4.42 Å². The Bertz CT molecular complexity index is 276. The first kappa shape index (κ1) is 12.7. The second-order valence-electron chi connectivity index (χ2n) is 4.93. The van der Waals surface area contributed by atoms with Crippen LogP contribution in [0, 0.1) is 11.8 Å². The number of hydrogen-bond acceptors (Lipinski definition) is 2. The van der Waals surface area contributed by atoms with Crippen molar-refractivity contribution in [1.29, 1.82) is 0 Å². The van der Waals surface area contributed by atoms with E-state index in [0.29, 0.717) is 5.92 Å². The summed E-state index contributed by atoms with van der Waals surface area (Å²) in [5, 5.41) is 0. The normalized spacial score (nSPS) is 11.6. The van der Waals surface area contributed by atoms with Gasteiger partial charge >= 0.3 is 0 Å². The zero-order chi connectivity index (χ0) is 11.3. The Morgan fingerprint density at radius 1 is 1.07 bits per heavy atom. The lowest BCUT2D eigenvalue weighted by Gasteiger charge is -2.06. The number of furan rings is 1. The molecular weight excluding hydrogens is 204 g/mol. The summed E-state index contributed by atoms with van der Waals surface area (Å²) >= 11 is 2.00. The molecule has 15 heavy (non-hydrogen) atoms. The van der Waals surface area contributed by atoms with E-state index in [0.717, 1.165) is 18.1 Å². The van der Waals surface area contributed by atoms with E-state index < -0.39 is 0 Å². The molecule has 0 amide bonds. The van der Waals surface area contributed by atoms with Gasteiger partial charge in [0, 0.05) is 11.3 Å². The van der Waals surface area contributed by atoms with Gasteiger partial charge in [-0.05, 0) is 29.6 Å². The van der Waals surface area contributed by atoms with E-state index in [9.17, 15) is 0 Å². The highest BCUT2D eigenvalue weighted by Gasteiger charge is 2.07. The average molecular weight is 226 g/mol. The van der Waals surface area contributed by atoms with Gasteiger partial charge in [-0.3, -0.25) is 0 Å². The molecule has 1 rings (SSSR count). The van der Waals surface area contributed by atoms with Gasteiger partial charge in [-0.2, -0.15) is 11.8 Å². The molecule has 0 saturated carbocycles. The Balaban J connectivity index is 2.43. The Labute approximate surface area is 97.6 Å². The van der Waals surface area contributed by atoms with Crippen molar-refractivity contribution >= 4 is 11.8 Å². The quantitative estimate of drug-likeness (QED) is 0.714. The SMILES string of the molecule is CC(C)CSCc1cocc1CC(C)C. The standard InChI is InChI=1S/C13H22OS/c1-10(2)5-12-6-14-7-13(12)9-15-8-11(3)4/h6-7,10-11H,5,8-9H2,1-4H3. The molecule has 1 aromatic rings. The van der Waals surface area contributed by atoms with E-state index in [1.54, 1.807) is 0 Å². The van der Waals surface area contributed by atoms with Gasteiger partial charge in [0.1, 0.15) is 0 Å². The van der Waals surface area contributed by atoms with Gasteiger partial charge < -0.3 is 4.42 Å². The third-order valence-corrected chi connectivity index (χ3v) is 3.59. The number of hydrogen-bond donors (Lipinski definition) is 0. The molecular formula is C13H22OS. The maximum atomic E-state index is 5.29. The van der Waals surface area contributed by atoms with Crippen molar-refractivity contribution < 1.29 is 4.42 Å². The van der Waals surface area contributed by atoms with Gasteiger partial charge in [0.2, 0.25) is 0 Å². The maximum absolute atomic E-state index is 5.29. The number of thioether (sulfide) groups is 1. The molecule has 0 aliphatic rings. The van der Waals surface area contributed by atoms with Crippen molar-refractivity contribution in [2.75, 3.05) is 5.75 Å². The molecule has 1 aromatic heterocycles. The lowest BCUT2D eigenvalue weighted by atomic mass is 10.0. The van der Waals surface area contributed by atoms with Crippen molar-refractivity contribution in [2.45, 2.75) is 39.9 Å². The molecule has 0 aliphatic heterocycles. The monoisotopic (exact) mass is 226 g/mol. The van der Waals surface area contributed by atoms with Gasteiger partial charge in [0.15, 0.2) is 0 Å². The van der Waals surface area contributed by atoms with E-state index in [1.165, 1.54) is 16.9 Å². The minimum absolute atomic E-state index is 0.705. The molecule has 0 spiro atoms. The van der Waals surface area contributed by atoms with Crippen LogP contribution >= 0.6 is 11.8 Å². The van der Waals surface area contributed by atoms with Gasteiger partial charge in [0.05, 0.1) is 12.5 Å². The molecule has 0 N–H and O–H groups in total. The Hall–Kier alpha value is -0.370. The summed E-state index contributed by atoms with van der Waals surface area (Å²) in [5.41, 5.74) is 2.77. The maximum Gasteiger partial charge on any atom is 0.0945 e. The van der Waals surface area contributed by atoms with Crippen LogP contribution in [0.15, 0.2) is 16.9 Å². The van der Waals surface area contributed by atoms with Gasteiger partial charge in [-0.15, -0.1) is 0 Å². The topological polar surface area (TPSA) is 13.1 Å². The van der Waals surface area contributed by atoms with Crippen molar-refractivity contribution in [3.8, 4) is 0 Å². The largest absolute Gasteiger partial charge is 0.472 e. The summed E-state index contributed by atoms with van der Waals surface area (Å²) in [6, 6.07) is 0. The lowest BCUT2D eigenvalue weighted by Crippen LogP contribution is -1.97. The molecule has 0 unspecified atom stereocenters. The second-order valence-corrected chi connectivity index (χ2v) is 5.96. The highest BCUT2D eigenvalue weighted by atomic mass is 32.2. The summed E-state index contributed by atoms with van der Waals surface area (Å²) in [5.74, 6) is 3.80. The van der Waals surface area contributed by atoms with Crippen molar-refractivity contribution in [2.24, 2.45) is 11.8 Å². The highest BCUT2D eigenvalue weighted by molar-refractivity contribution is 7.98. The van der Waals surface area contributed by atoms with Crippen molar-refractivity contribution in [1.82, 2.24) is 0 Å². The summed E-state index contributed by atoms with van der Waals surface area (Å²) in [6.07, 6.45) is 4.95. The Morgan fingerprint density at radius 3 is 2.33 bits per heavy atom. The van der Waals surface area contributed by atoms with Crippen LogP contribution in [0.2, 0.25) is 0 Å². The minimum Gasteiger partial charge on any atom is -0.472 e. The highest BCUT2D eigenvalue weighted by Crippen LogP contribution is 2.21. The lowest BCUT2D eigenvalue weighted by molar-refractivity contribution is 0.556. The molecule has 1 nitrogen and oxygen atoms in total. The second kappa shape index (κ2) is 6.26. The first-order chi connectivity index (χ1) is 7.09. The average Bonchev–Trinajstić information content (AvgIpc) is 2.51. The summed E-state index contributed by atoms with van der Waals surface area (Å²) in [4.78, 5) is 0. The molecule has 0 atom stereocenters. The van der Waals surface area contributed by atoms with Crippen LogP contribution in [0.3, 0.4) is 0 Å². The van der Waals surface area contributed by atoms with Crippen LogP contribution < -0.4 is 0 Å². The first-order valence-corrected chi connectivity index (χ1v) is 6.86. The van der Waals surface area contributed by atoms with Crippen LogP contribution in [-0.4, -0.2) is 5.75 Å². The van der Waals surface area contributed by atoms with E-state index in [-0.39, 0.29) is 0 Å². The van der Waals surface area contributed by atoms with Gasteiger partial charge in [-0.1, -0.05) is 27.7 Å². The molecule has 0 fully saturated rings. The predicted molar refractivity (Wildman–Crippen MR) is 68.3 cm³/mol. The Morgan fingerprint density at radius 2 is 1.73 bits per heavy atom. The smallest absolute Gasteiger partial charge is 0.0945 e. The van der Waals surface area contributed by atoms with E-state index in [1.807, 2.05) is 24.3 Å². The molecule has 1 heterocycles. The summed E-state index contributed by atoms with van der Waals surface area (Å²) in [7, 11) is 0. The zero-order valence-electron chi connectivity index (χ0n) is 10.2. The molecule has 0 radical (unpaired) electrons. The van der Waals surface area contributed by atoms with Gasteiger partial charge in [0.25, 0.3) is 0 Å². The molecule has 0 bridgehead atoms. The molecule has 0 aliphatic carbocycles. The van der Waals surface area contributed by atoms with Gasteiger partial charge in [-0.25, -0.2) is 0 Å². The van der Waals surface area contributed by atoms with Crippen molar-refractivity contribution in [3.63, 3.8) is 0 Å². The molecule has 2 heteroatoms. The van der Waals surface area contributed by atoms with Crippen LogP contribution in [-0.2, 0) is 12.2 Å². The first-order valence-electron chi connectivity index (χ1n) is 5.71. The number of rotatable bonds is 6. The third-order valence-electron chi connectivity index (χ3n) is 2.17. The molecule has 0 saturated heterocycles. The summed E-state index contributed by atoms with van der Waals surface area (Å²) in [6.45, 7) is 9.02. The third kappa shape index (κ3) is 4.78. The molecule has 0 aromatic carbocycles.